The average molecular weight is 395 g/mol. The van der Waals surface area contributed by atoms with E-state index in [0.29, 0.717) is 0 Å². The molecule has 1 aromatic carbocycles. The Labute approximate surface area is 155 Å². The van der Waals surface area contributed by atoms with Crippen molar-refractivity contribution in [3.05, 3.63) is 46.0 Å². The largest absolute Gasteiger partial charge is 0.334 e. The highest BCUT2D eigenvalue weighted by atomic mass is 79.9. The van der Waals surface area contributed by atoms with Crippen LogP contribution in [0.4, 0.5) is 0 Å². The number of fused-ring (bicyclic) bond motifs is 1. The normalized spacial score (nSPS) is 30.2. The van der Waals surface area contributed by atoms with E-state index in [1.54, 1.807) is 0 Å². The van der Waals surface area contributed by atoms with Crippen molar-refractivity contribution in [1.82, 2.24) is 0 Å². The summed E-state index contributed by atoms with van der Waals surface area (Å²) in [6.45, 7) is 1.53. The summed E-state index contributed by atoms with van der Waals surface area (Å²) in [5, 5.41) is 38.0. The molecular formula is C19H17BrN5+. The fraction of sp³-hybridized carbons (Fsp3) is 0.368. The summed E-state index contributed by atoms with van der Waals surface area (Å²) >= 11 is 3.41. The Hall–Kier alpha value is -2.46. The van der Waals surface area contributed by atoms with Gasteiger partial charge < -0.3 is 10.3 Å². The van der Waals surface area contributed by atoms with E-state index < -0.39 is 17.3 Å². The molecule has 2 N–H and O–H groups in total. The van der Waals surface area contributed by atoms with Gasteiger partial charge in [0.2, 0.25) is 0 Å². The number of nitrogens with zero attached hydrogens (tertiary/aromatic N) is 3. The van der Waals surface area contributed by atoms with Crippen molar-refractivity contribution in [2.24, 2.45) is 17.3 Å². The second-order valence-corrected chi connectivity index (χ2v) is 7.63. The molecule has 5 nitrogen and oxygen atoms in total. The molecule has 2 unspecified atom stereocenters. The maximum atomic E-state index is 9.91. The quantitative estimate of drug-likeness (QED) is 0.710. The Morgan fingerprint density at radius 1 is 1.20 bits per heavy atom. The Bertz CT molecular complexity index is 851. The molecule has 25 heavy (non-hydrogen) atoms. The number of likely N-dealkylation sites (N-methyl/N-ethyl adjacent to an activating group) is 1. The van der Waals surface area contributed by atoms with Gasteiger partial charge in [-0.15, -0.1) is 0 Å². The van der Waals surface area contributed by atoms with Crippen LogP contribution < -0.4 is 4.90 Å². The molecule has 0 aromatic heterocycles. The number of hydrogen-bond acceptors (Lipinski definition) is 4. The SMILES string of the molecule is C[NH+]1CC=C2C(C#N)C(=N)C(C#N)(C#N)[C@H](c3ccc(Br)cc3)[C@@H]2C1. The number of hydrogen-bond donors (Lipinski definition) is 2. The van der Waals surface area contributed by atoms with Crippen LogP contribution in [-0.2, 0) is 0 Å². The Kier molecular flexibility index (Phi) is 4.48. The molecule has 0 saturated heterocycles. The number of nitrogens with one attached hydrogen (secondary N) is 2. The zero-order chi connectivity index (χ0) is 18.2. The monoisotopic (exact) mass is 394 g/mol. The van der Waals surface area contributed by atoms with Gasteiger partial charge in [-0.25, -0.2) is 0 Å². The van der Waals surface area contributed by atoms with E-state index >= 15 is 0 Å². The maximum Gasteiger partial charge on any atom is 0.189 e. The van der Waals surface area contributed by atoms with Crippen molar-refractivity contribution in [3.8, 4) is 18.2 Å². The summed E-state index contributed by atoms with van der Waals surface area (Å²) in [4.78, 5) is 1.27. The van der Waals surface area contributed by atoms with Crippen LogP contribution in [-0.4, -0.2) is 25.8 Å². The zero-order valence-electron chi connectivity index (χ0n) is 13.8. The number of rotatable bonds is 1. The van der Waals surface area contributed by atoms with Crippen LogP contribution in [0.3, 0.4) is 0 Å². The first-order chi connectivity index (χ1) is 12.0. The molecule has 1 heterocycles. The third-order valence-corrected chi connectivity index (χ3v) is 5.84. The third-order valence-electron chi connectivity index (χ3n) is 5.31. The minimum absolute atomic E-state index is 0.0880. The fourth-order valence-electron chi connectivity index (χ4n) is 4.10. The highest BCUT2D eigenvalue weighted by Crippen LogP contribution is 2.52. The van der Waals surface area contributed by atoms with Gasteiger partial charge in [-0.1, -0.05) is 28.1 Å². The molecule has 1 fully saturated rings. The second-order valence-electron chi connectivity index (χ2n) is 6.71. The number of quaternary nitrogens is 1. The minimum Gasteiger partial charge on any atom is -0.334 e. The van der Waals surface area contributed by atoms with Crippen LogP contribution in [0.1, 0.15) is 11.5 Å². The topological polar surface area (TPSA) is 99.7 Å². The van der Waals surface area contributed by atoms with Crippen molar-refractivity contribution >= 4 is 21.6 Å². The van der Waals surface area contributed by atoms with E-state index in [9.17, 15) is 15.8 Å². The molecule has 0 spiro atoms. The van der Waals surface area contributed by atoms with Gasteiger partial charge in [0.05, 0.1) is 44.1 Å². The summed E-state index contributed by atoms with van der Waals surface area (Å²) < 4.78 is 0.915. The van der Waals surface area contributed by atoms with Gasteiger partial charge in [0.15, 0.2) is 5.41 Å². The molecule has 6 heteroatoms. The molecule has 2 aliphatic rings. The molecule has 1 saturated carbocycles. The molecule has 4 atom stereocenters. The molecule has 1 aliphatic heterocycles. The molecule has 124 valence electrons. The van der Waals surface area contributed by atoms with E-state index in [0.717, 1.165) is 28.7 Å². The predicted molar refractivity (Wildman–Crippen MR) is 95.6 cm³/mol. The lowest BCUT2D eigenvalue weighted by molar-refractivity contribution is -0.878. The number of benzene rings is 1. The van der Waals surface area contributed by atoms with E-state index in [1.165, 1.54) is 4.90 Å². The number of halogens is 1. The third kappa shape index (κ3) is 2.57. The first-order valence-corrected chi connectivity index (χ1v) is 8.85. The van der Waals surface area contributed by atoms with Crippen molar-refractivity contribution in [2.75, 3.05) is 20.1 Å². The summed E-state index contributed by atoms with van der Waals surface area (Å²) in [6, 6.07) is 14.0. The van der Waals surface area contributed by atoms with Crippen LogP contribution in [0.15, 0.2) is 40.4 Å². The number of nitriles is 3. The lowest BCUT2D eigenvalue weighted by Crippen LogP contribution is -3.10. The lowest BCUT2D eigenvalue weighted by Gasteiger charge is -2.46. The Morgan fingerprint density at radius 3 is 2.40 bits per heavy atom. The van der Waals surface area contributed by atoms with Crippen molar-refractivity contribution in [1.29, 1.82) is 21.2 Å². The highest BCUT2D eigenvalue weighted by molar-refractivity contribution is 9.10. The standard InChI is InChI=1S/C19H16BrN5/c1-25-7-6-14-15(8-21)18(24)19(10-22,11-23)17(16(14)9-25)12-2-4-13(20)5-3-12/h2-6,15-17,24H,7,9H2,1H3/p+1/t15?,16-,17-/m1/s1. The van der Waals surface area contributed by atoms with E-state index in [1.807, 2.05) is 30.3 Å². The summed E-state index contributed by atoms with van der Waals surface area (Å²) in [5.41, 5.74) is 0.0496. The smallest absolute Gasteiger partial charge is 0.189 e. The van der Waals surface area contributed by atoms with E-state index in [4.69, 9.17) is 5.41 Å². The van der Waals surface area contributed by atoms with Gasteiger partial charge in [-0.3, -0.25) is 0 Å². The molecule has 0 bridgehead atoms. The van der Waals surface area contributed by atoms with Crippen molar-refractivity contribution < 1.29 is 4.90 Å². The van der Waals surface area contributed by atoms with Gasteiger partial charge >= 0.3 is 0 Å². The lowest BCUT2D eigenvalue weighted by atomic mass is 9.54. The molecule has 1 aliphatic carbocycles. The predicted octanol–water partition coefficient (Wildman–Crippen LogP) is 1.81. The Morgan fingerprint density at radius 2 is 1.84 bits per heavy atom. The van der Waals surface area contributed by atoms with E-state index in [-0.39, 0.29) is 11.6 Å². The summed E-state index contributed by atoms with van der Waals surface area (Å²) in [6.07, 6.45) is 2.02. The van der Waals surface area contributed by atoms with Gasteiger partial charge in [0, 0.05) is 16.3 Å². The van der Waals surface area contributed by atoms with Crippen LogP contribution >= 0.6 is 15.9 Å². The Balaban J connectivity index is 2.25. The van der Waals surface area contributed by atoms with Crippen molar-refractivity contribution in [3.63, 3.8) is 0 Å². The van der Waals surface area contributed by atoms with Crippen LogP contribution in [0.2, 0.25) is 0 Å². The minimum atomic E-state index is -1.62. The van der Waals surface area contributed by atoms with Gasteiger partial charge in [0.1, 0.15) is 5.92 Å². The van der Waals surface area contributed by atoms with E-state index in [2.05, 4.69) is 41.2 Å². The highest BCUT2D eigenvalue weighted by Gasteiger charge is 2.58. The summed E-state index contributed by atoms with van der Waals surface area (Å²) in [7, 11) is 2.06. The zero-order valence-corrected chi connectivity index (χ0v) is 15.3. The molecule has 0 radical (unpaired) electrons. The van der Waals surface area contributed by atoms with Gasteiger partial charge in [-0.2, -0.15) is 15.8 Å². The van der Waals surface area contributed by atoms with Crippen LogP contribution in [0, 0.1) is 56.7 Å². The molecule has 0 amide bonds. The van der Waals surface area contributed by atoms with Gasteiger partial charge in [-0.05, 0) is 29.3 Å². The summed E-state index contributed by atoms with van der Waals surface area (Å²) in [5.74, 6) is -1.34. The van der Waals surface area contributed by atoms with Gasteiger partial charge in [0.25, 0.3) is 0 Å². The molecular weight excluding hydrogens is 378 g/mol. The molecule has 1 aromatic rings. The fourth-order valence-corrected chi connectivity index (χ4v) is 4.37. The maximum absolute atomic E-state index is 9.91. The van der Waals surface area contributed by atoms with Crippen LogP contribution in [0.5, 0.6) is 0 Å². The first-order valence-electron chi connectivity index (χ1n) is 8.06. The second kappa shape index (κ2) is 6.45. The molecule has 3 rings (SSSR count). The average Bonchev–Trinajstić information content (AvgIpc) is 2.62. The van der Waals surface area contributed by atoms with Crippen LogP contribution in [0.25, 0.3) is 0 Å². The van der Waals surface area contributed by atoms with Crippen molar-refractivity contribution in [2.45, 2.75) is 5.92 Å². The first kappa shape index (κ1) is 17.4.